The Hall–Kier alpha value is -0.953. The summed E-state index contributed by atoms with van der Waals surface area (Å²) in [4.78, 5) is 0.367. The van der Waals surface area contributed by atoms with Crippen molar-refractivity contribution in [1.82, 2.24) is 4.31 Å². The molecule has 0 aliphatic heterocycles. The summed E-state index contributed by atoms with van der Waals surface area (Å²) in [5, 5.41) is 0.289. The second-order valence-corrected chi connectivity index (χ2v) is 16.9. The average Bonchev–Trinajstić information content (AvgIpc) is 2.68. The van der Waals surface area contributed by atoms with E-state index in [1.807, 2.05) is 19.1 Å². The van der Waals surface area contributed by atoms with Crippen LogP contribution in [0.3, 0.4) is 0 Å². The van der Waals surface area contributed by atoms with Gasteiger partial charge < -0.3 is 4.43 Å². The summed E-state index contributed by atoms with van der Waals surface area (Å²) < 4.78 is 32.8. The Kier molecular flexibility index (Phi) is 11.7. The van der Waals surface area contributed by atoms with E-state index < -0.39 is 18.3 Å². The molecule has 0 saturated carbocycles. The topological polar surface area (TPSA) is 46.6 Å². The van der Waals surface area contributed by atoms with Gasteiger partial charge in [-0.25, -0.2) is 12.7 Å². The van der Waals surface area contributed by atoms with E-state index >= 15 is 0 Å². The lowest BCUT2D eigenvalue weighted by molar-refractivity contribution is 0.277. The number of aryl methyl sites for hydroxylation is 1. The summed E-state index contributed by atoms with van der Waals surface area (Å²) >= 11 is 0. The van der Waals surface area contributed by atoms with Gasteiger partial charge in [0.1, 0.15) is 0 Å². The number of hydrogen-bond acceptors (Lipinski definition) is 3. The third-order valence-electron chi connectivity index (χ3n) is 6.27. The van der Waals surface area contributed by atoms with E-state index in [2.05, 4.69) is 46.0 Å². The molecule has 1 rings (SSSR count). The fraction of sp³-hybridized carbons (Fsp3) is 0.680. The van der Waals surface area contributed by atoms with Crippen LogP contribution in [0.25, 0.3) is 0 Å². The number of rotatable bonds is 14. The SMILES string of the molecule is Cc1ccc(S(=O)(=O)N(C)CCC/C=C/CCCCCCO[Si](C)(C)C(C)(C)C)cc1. The Morgan fingerprint density at radius 2 is 1.48 bits per heavy atom. The van der Waals surface area contributed by atoms with Gasteiger partial charge in [0.15, 0.2) is 8.32 Å². The van der Waals surface area contributed by atoms with E-state index in [1.165, 1.54) is 23.6 Å². The maximum atomic E-state index is 12.6. The van der Waals surface area contributed by atoms with Gasteiger partial charge in [0.05, 0.1) is 4.90 Å². The molecule has 0 radical (unpaired) electrons. The van der Waals surface area contributed by atoms with Crippen molar-refractivity contribution < 1.29 is 12.8 Å². The summed E-state index contributed by atoms with van der Waals surface area (Å²) in [6.45, 7) is 14.9. The Labute approximate surface area is 193 Å². The summed E-state index contributed by atoms with van der Waals surface area (Å²) in [5.41, 5.74) is 1.06. The van der Waals surface area contributed by atoms with Gasteiger partial charge in [-0.2, -0.15) is 0 Å². The van der Waals surface area contributed by atoms with Gasteiger partial charge in [0.25, 0.3) is 0 Å². The predicted molar refractivity (Wildman–Crippen MR) is 136 cm³/mol. The van der Waals surface area contributed by atoms with Crippen molar-refractivity contribution in [2.24, 2.45) is 0 Å². The predicted octanol–water partition coefficient (Wildman–Crippen LogP) is 6.92. The molecular formula is C25H45NO3SSi. The molecule has 0 saturated heterocycles. The lowest BCUT2D eigenvalue weighted by Gasteiger charge is -2.36. The maximum Gasteiger partial charge on any atom is 0.242 e. The molecule has 0 amide bonds. The van der Waals surface area contributed by atoms with E-state index in [1.54, 1.807) is 19.2 Å². The minimum atomic E-state index is -3.38. The zero-order valence-electron chi connectivity index (χ0n) is 20.9. The van der Waals surface area contributed by atoms with Gasteiger partial charge >= 0.3 is 0 Å². The van der Waals surface area contributed by atoms with E-state index in [0.717, 1.165) is 37.9 Å². The van der Waals surface area contributed by atoms with Gasteiger partial charge in [-0.05, 0) is 69.3 Å². The monoisotopic (exact) mass is 467 g/mol. The Balaban J connectivity index is 2.12. The average molecular weight is 468 g/mol. The number of allylic oxidation sites excluding steroid dienone is 2. The van der Waals surface area contributed by atoms with Crippen molar-refractivity contribution >= 4 is 18.3 Å². The molecule has 31 heavy (non-hydrogen) atoms. The van der Waals surface area contributed by atoms with Crippen LogP contribution in [0.4, 0.5) is 0 Å². The Morgan fingerprint density at radius 3 is 2.06 bits per heavy atom. The van der Waals surface area contributed by atoms with Crippen LogP contribution in [0.15, 0.2) is 41.3 Å². The minimum Gasteiger partial charge on any atom is -0.417 e. The fourth-order valence-electron chi connectivity index (χ4n) is 2.94. The highest BCUT2D eigenvalue weighted by Crippen LogP contribution is 2.36. The second kappa shape index (κ2) is 12.9. The van der Waals surface area contributed by atoms with Crippen LogP contribution in [-0.4, -0.2) is 41.2 Å². The summed E-state index contributed by atoms with van der Waals surface area (Å²) in [6.07, 6.45) is 12.1. The molecule has 1 aromatic rings. The van der Waals surface area contributed by atoms with Crippen molar-refractivity contribution in [2.75, 3.05) is 20.2 Å². The third kappa shape index (κ3) is 10.0. The third-order valence-corrected chi connectivity index (χ3v) is 12.7. The van der Waals surface area contributed by atoms with Crippen LogP contribution in [-0.2, 0) is 14.4 Å². The van der Waals surface area contributed by atoms with Gasteiger partial charge in [-0.3, -0.25) is 0 Å². The molecule has 0 N–H and O–H groups in total. The summed E-state index contributed by atoms with van der Waals surface area (Å²) in [5.74, 6) is 0. The smallest absolute Gasteiger partial charge is 0.242 e. The highest BCUT2D eigenvalue weighted by atomic mass is 32.2. The number of sulfonamides is 1. The number of nitrogens with zero attached hydrogens (tertiary/aromatic N) is 1. The first-order valence-electron chi connectivity index (χ1n) is 11.7. The Bertz CT molecular complexity index is 765. The molecule has 0 spiro atoms. The molecule has 6 heteroatoms. The maximum absolute atomic E-state index is 12.6. The van der Waals surface area contributed by atoms with Crippen molar-refractivity contribution in [1.29, 1.82) is 0 Å². The van der Waals surface area contributed by atoms with E-state index in [4.69, 9.17) is 4.43 Å². The van der Waals surface area contributed by atoms with E-state index in [-0.39, 0.29) is 5.04 Å². The molecular weight excluding hydrogens is 422 g/mol. The van der Waals surface area contributed by atoms with E-state index in [0.29, 0.717) is 11.4 Å². The first-order valence-corrected chi connectivity index (χ1v) is 16.0. The fourth-order valence-corrected chi connectivity index (χ4v) is 5.24. The molecule has 0 aliphatic carbocycles. The lowest BCUT2D eigenvalue weighted by atomic mass is 10.1. The molecule has 0 aliphatic rings. The zero-order valence-corrected chi connectivity index (χ0v) is 22.7. The molecule has 0 unspecified atom stereocenters. The number of unbranched alkanes of at least 4 members (excludes halogenated alkanes) is 5. The first kappa shape index (κ1) is 28.1. The van der Waals surface area contributed by atoms with Gasteiger partial charge in [0, 0.05) is 20.2 Å². The molecule has 1 aromatic carbocycles. The number of hydrogen-bond donors (Lipinski definition) is 0. The molecule has 0 heterocycles. The van der Waals surface area contributed by atoms with Gasteiger partial charge in [-0.15, -0.1) is 0 Å². The molecule has 0 bridgehead atoms. The normalized spacial score (nSPS) is 13.4. The number of benzene rings is 1. The summed E-state index contributed by atoms with van der Waals surface area (Å²) in [7, 11) is -3.32. The molecule has 4 nitrogen and oxygen atoms in total. The van der Waals surface area contributed by atoms with Crippen molar-refractivity contribution in [3.8, 4) is 0 Å². The van der Waals surface area contributed by atoms with Crippen LogP contribution < -0.4 is 0 Å². The molecule has 0 atom stereocenters. The van der Waals surface area contributed by atoms with Crippen LogP contribution in [0.5, 0.6) is 0 Å². The van der Waals surface area contributed by atoms with Gasteiger partial charge in [0.2, 0.25) is 10.0 Å². The highest BCUT2D eigenvalue weighted by Gasteiger charge is 2.36. The van der Waals surface area contributed by atoms with E-state index in [9.17, 15) is 8.42 Å². The van der Waals surface area contributed by atoms with Crippen LogP contribution in [0.2, 0.25) is 18.1 Å². The summed E-state index contributed by atoms with van der Waals surface area (Å²) in [6, 6.07) is 7.04. The largest absolute Gasteiger partial charge is 0.417 e. The zero-order chi connectivity index (χ0) is 23.5. The van der Waals surface area contributed by atoms with Crippen LogP contribution >= 0.6 is 0 Å². The molecule has 0 aromatic heterocycles. The minimum absolute atomic E-state index is 0.289. The van der Waals surface area contributed by atoms with Crippen LogP contribution in [0.1, 0.15) is 71.3 Å². The van der Waals surface area contributed by atoms with Crippen molar-refractivity contribution in [3.05, 3.63) is 42.0 Å². The van der Waals surface area contributed by atoms with Crippen molar-refractivity contribution in [2.45, 2.75) is 95.7 Å². The highest BCUT2D eigenvalue weighted by molar-refractivity contribution is 7.89. The quantitative estimate of drug-likeness (QED) is 0.169. The molecule has 0 fully saturated rings. The first-order chi connectivity index (χ1) is 14.4. The van der Waals surface area contributed by atoms with Crippen LogP contribution in [0, 0.1) is 6.92 Å². The molecule has 178 valence electrons. The standard InChI is InChI=1S/C25H45NO3SSi/c1-23-17-19-24(20-18-23)30(27,28)26(5)21-15-13-11-9-8-10-12-14-16-22-29-31(6,7)25(2,3)4/h9,11,17-20H,8,10,12-16,21-22H2,1-7H3/b11-9+. The lowest BCUT2D eigenvalue weighted by Crippen LogP contribution is -2.40. The van der Waals surface area contributed by atoms with Gasteiger partial charge in [-0.1, -0.05) is 63.5 Å². The Morgan fingerprint density at radius 1 is 0.935 bits per heavy atom. The van der Waals surface area contributed by atoms with Crippen molar-refractivity contribution in [3.63, 3.8) is 0 Å². The second-order valence-electron chi connectivity index (χ2n) is 10.1.